The third-order valence-electron chi connectivity index (χ3n) is 5.07. The van der Waals surface area contributed by atoms with Crippen molar-refractivity contribution in [1.29, 1.82) is 0 Å². The molecule has 4 nitrogen and oxygen atoms in total. The molecule has 5 heteroatoms. The molecule has 1 fully saturated rings. The molecule has 0 bridgehead atoms. The van der Waals surface area contributed by atoms with Crippen molar-refractivity contribution in [2.24, 2.45) is 0 Å². The lowest BCUT2D eigenvalue weighted by Crippen LogP contribution is -2.35. The summed E-state index contributed by atoms with van der Waals surface area (Å²) in [4.78, 5) is 0.222. The summed E-state index contributed by atoms with van der Waals surface area (Å²) in [6, 6.07) is 17.2. The van der Waals surface area contributed by atoms with Gasteiger partial charge in [0.25, 0.3) is 10.1 Å². The summed E-state index contributed by atoms with van der Waals surface area (Å²) in [6.07, 6.45) is 5.67. The number of nitrogens with one attached hydrogen (secondary N) is 1. The van der Waals surface area contributed by atoms with Gasteiger partial charge in [-0.25, -0.2) is 0 Å². The lowest BCUT2D eigenvalue weighted by molar-refractivity contribution is 0.201. The second-order valence-electron chi connectivity index (χ2n) is 7.23. The van der Waals surface area contributed by atoms with Gasteiger partial charge in [-0.2, -0.15) is 8.42 Å². The van der Waals surface area contributed by atoms with Crippen molar-refractivity contribution in [3.8, 4) is 0 Å². The monoisotopic (exact) mass is 387 g/mol. The first-order chi connectivity index (χ1) is 13.1. The topological polar surface area (TPSA) is 55.4 Å². The van der Waals surface area contributed by atoms with Crippen molar-refractivity contribution < 1.29 is 12.6 Å². The first-order valence-corrected chi connectivity index (χ1v) is 11.3. The Labute approximate surface area is 163 Å². The minimum Gasteiger partial charge on any atom is -0.314 e. The Kier molecular flexibility index (Phi) is 7.05. The molecule has 2 unspecified atom stereocenters. The molecule has 0 aromatic heterocycles. The fourth-order valence-corrected chi connectivity index (χ4v) is 4.68. The summed E-state index contributed by atoms with van der Waals surface area (Å²) >= 11 is 0. The van der Waals surface area contributed by atoms with Crippen molar-refractivity contribution in [3.05, 3.63) is 65.7 Å². The van der Waals surface area contributed by atoms with Crippen LogP contribution in [0.2, 0.25) is 0 Å². The van der Waals surface area contributed by atoms with Gasteiger partial charge in [-0.3, -0.25) is 4.18 Å². The van der Waals surface area contributed by atoms with E-state index in [2.05, 4.69) is 5.32 Å². The maximum atomic E-state index is 12.8. The van der Waals surface area contributed by atoms with Gasteiger partial charge < -0.3 is 5.32 Å². The smallest absolute Gasteiger partial charge is 0.297 e. The van der Waals surface area contributed by atoms with Crippen LogP contribution in [-0.4, -0.2) is 21.0 Å². The molecule has 1 aliphatic rings. The van der Waals surface area contributed by atoms with E-state index in [0.717, 1.165) is 30.5 Å². The molecule has 146 valence electrons. The van der Waals surface area contributed by atoms with Gasteiger partial charge in [0, 0.05) is 6.04 Å². The number of benzene rings is 2. The van der Waals surface area contributed by atoms with E-state index in [4.69, 9.17) is 4.18 Å². The molecule has 0 aliphatic carbocycles. The van der Waals surface area contributed by atoms with E-state index in [0.29, 0.717) is 12.5 Å². The summed E-state index contributed by atoms with van der Waals surface area (Å²) in [5.41, 5.74) is 2.05. The van der Waals surface area contributed by atoms with Crippen LogP contribution in [0, 0.1) is 0 Å². The van der Waals surface area contributed by atoms with Crippen LogP contribution in [0.3, 0.4) is 0 Å². The Morgan fingerprint density at radius 3 is 2.44 bits per heavy atom. The fourth-order valence-electron chi connectivity index (χ4n) is 3.58. The largest absolute Gasteiger partial charge is 0.314 e. The highest BCUT2D eigenvalue weighted by atomic mass is 32.2. The Bertz CT molecular complexity index is 797. The van der Waals surface area contributed by atoms with Crippen LogP contribution in [-0.2, 0) is 20.7 Å². The average Bonchev–Trinajstić information content (AvgIpc) is 2.69. The van der Waals surface area contributed by atoms with Crippen molar-refractivity contribution >= 4 is 10.1 Å². The molecule has 27 heavy (non-hydrogen) atoms. The maximum Gasteiger partial charge on any atom is 0.297 e. The standard InChI is InChI=1S/C22H29NO3S/c1-2-8-22(19-9-4-3-5-10-19)26-27(24,25)21-14-12-18(13-15-21)17-20-11-6-7-16-23-20/h3-5,9-10,12-15,20,22-23H,2,6-8,11,16-17H2,1H3. The number of hydrogen-bond donors (Lipinski definition) is 1. The van der Waals surface area contributed by atoms with E-state index in [1.807, 2.05) is 49.4 Å². The van der Waals surface area contributed by atoms with E-state index in [-0.39, 0.29) is 4.90 Å². The molecule has 2 aromatic carbocycles. The SMILES string of the molecule is CCCC(OS(=O)(=O)c1ccc(CC2CCCCN2)cc1)c1ccccc1. The number of hydrogen-bond acceptors (Lipinski definition) is 4. The molecule has 0 radical (unpaired) electrons. The fraction of sp³-hybridized carbons (Fsp3) is 0.455. The summed E-state index contributed by atoms with van der Waals surface area (Å²) < 4.78 is 31.1. The normalized spacial score (nSPS) is 18.9. The van der Waals surface area contributed by atoms with E-state index >= 15 is 0 Å². The Hall–Kier alpha value is -1.69. The second kappa shape index (κ2) is 9.49. The minimum atomic E-state index is -3.80. The first-order valence-electron chi connectivity index (χ1n) is 9.89. The predicted molar refractivity (Wildman–Crippen MR) is 108 cm³/mol. The molecule has 0 amide bonds. The molecular weight excluding hydrogens is 358 g/mol. The first kappa shape index (κ1) is 20.1. The molecule has 2 atom stereocenters. The molecule has 0 spiro atoms. The van der Waals surface area contributed by atoms with E-state index in [1.54, 1.807) is 12.1 Å². The average molecular weight is 388 g/mol. The van der Waals surface area contributed by atoms with E-state index in [1.165, 1.54) is 19.3 Å². The highest BCUT2D eigenvalue weighted by Crippen LogP contribution is 2.28. The van der Waals surface area contributed by atoms with Crippen LogP contribution in [0.1, 0.15) is 56.3 Å². The Morgan fingerprint density at radius 1 is 1.07 bits per heavy atom. The predicted octanol–water partition coefficient (Wildman–Crippen LogP) is 4.62. The van der Waals surface area contributed by atoms with Crippen LogP contribution >= 0.6 is 0 Å². The molecule has 0 saturated carbocycles. The highest BCUT2D eigenvalue weighted by Gasteiger charge is 2.23. The molecule has 1 saturated heterocycles. The lowest BCUT2D eigenvalue weighted by Gasteiger charge is -2.23. The zero-order valence-corrected chi connectivity index (χ0v) is 16.8. The van der Waals surface area contributed by atoms with Gasteiger partial charge in [0.2, 0.25) is 0 Å². The van der Waals surface area contributed by atoms with Gasteiger partial charge in [-0.15, -0.1) is 0 Å². The molecule has 1 N–H and O–H groups in total. The van der Waals surface area contributed by atoms with Gasteiger partial charge in [0.05, 0.1) is 4.90 Å². The van der Waals surface area contributed by atoms with Crippen LogP contribution in [0.4, 0.5) is 0 Å². The number of rotatable bonds is 8. The third kappa shape index (κ3) is 5.64. The van der Waals surface area contributed by atoms with Crippen LogP contribution < -0.4 is 5.32 Å². The number of piperidine rings is 1. The maximum absolute atomic E-state index is 12.8. The molecule has 1 aliphatic heterocycles. The summed E-state index contributed by atoms with van der Waals surface area (Å²) in [7, 11) is -3.80. The molecular formula is C22H29NO3S. The summed E-state index contributed by atoms with van der Waals surface area (Å²) in [5.74, 6) is 0. The van der Waals surface area contributed by atoms with Crippen LogP contribution in [0.25, 0.3) is 0 Å². The van der Waals surface area contributed by atoms with Crippen molar-refractivity contribution in [1.82, 2.24) is 5.32 Å². The molecule has 1 heterocycles. The Morgan fingerprint density at radius 2 is 1.81 bits per heavy atom. The summed E-state index contributed by atoms with van der Waals surface area (Å²) in [6.45, 7) is 3.10. The second-order valence-corrected chi connectivity index (χ2v) is 8.81. The molecule has 2 aromatic rings. The van der Waals surface area contributed by atoms with Gasteiger partial charge in [0.15, 0.2) is 0 Å². The zero-order valence-electron chi connectivity index (χ0n) is 15.9. The van der Waals surface area contributed by atoms with Crippen molar-refractivity contribution in [2.75, 3.05) is 6.54 Å². The van der Waals surface area contributed by atoms with Gasteiger partial charge in [0.1, 0.15) is 6.10 Å². The zero-order chi connectivity index (χ0) is 19.1. The lowest BCUT2D eigenvalue weighted by atomic mass is 9.98. The van der Waals surface area contributed by atoms with Crippen molar-refractivity contribution in [3.63, 3.8) is 0 Å². The summed E-state index contributed by atoms with van der Waals surface area (Å²) in [5, 5.41) is 3.53. The highest BCUT2D eigenvalue weighted by molar-refractivity contribution is 7.86. The Balaban J connectivity index is 1.69. The van der Waals surface area contributed by atoms with Crippen LogP contribution in [0.15, 0.2) is 59.5 Å². The van der Waals surface area contributed by atoms with Crippen molar-refractivity contribution in [2.45, 2.75) is 62.5 Å². The third-order valence-corrected chi connectivity index (χ3v) is 6.41. The molecule has 3 rings (SSSR count). The minimum absolute atomic E-state index is 0.222. The van der Waals surface area contributed by atoms with Crippen LogP contribution in [0.5, 0.6) is 0 Å². The van der Waals surface area contributed by atoms with Gasteiger partial charge in [-0.05, 0) is 55.5 Å². The quantitative estimate of drug-likeness (QED) is 0.672. The van der Waals surface area contributed by atoms with E-state index < -0.39 is 16.2 Å². The van der Waals surface area contributed by atoms with Gasteiger partial charge >= 0.3 is 0 Å². The van der Waals surface area contributed by atoms with E-state index in [9.17, 15) is 8.42 Å². The van der Waals surface area contributed by atoms with Gasteiger partial charge in [-0.1, -0.05) is 62.2 Å².